The maximum absolute atomic E-state index is 13.2. The minimum absolute atomic E-state index is 0.0780. The molecule has 3 heterocycles. The first-order valence-corrected chi connectivity index (χ1v) is 13.9. The van der Waals surface area contributed by atoms with Crippen LogP contribution in [0.4, 0.5) is 5.69 Å². The average Bonchev–Trinajstić information content (AvgIpc) is 3.16. The quantitative estimate of drug-likeness (QED) is 0.556. The number of likely N-dealkylation sites (N-methyl/N-ethyl adjacent to an activating group) is 1. The Morgan fingerprint density at radius 1 is 1.05 bits per heavy atom. The Balaban J connectivity index is 1.30. The number of fused-ring (bicyclic) bond motifs is 2. The molecule has 1 N–H and O–H groups in total. The maximum Gasteiger partial charge on any atom is 0.243 e. The van der Waals surface area contributed by atoms with Crippen LogP contribution in [-0.2, 0) is 39.1 Å². The number of carbonyl (C=O) groups excluding carboxylic acids is 2. The number of benzene rings is 2. The van der Waals surface area contributed by atoms with Gasteiger partial charge in [-0.25, -0.2) is 8.42 Å². The number of aromatic nitrogens is 2. The number of aryl methyl sites for hydroxylation is 4. The summed E-state index contributed by atoms with van der Waals surface area (Å²) in [5.74, 6) is -0.329. The standard InChI is InChI=1S/C27H31N5O4S/c1-18-5-6-20(13-19(18)2)25-15-22-16-31(11-4-12-32(22)29-25)27(34)17-30(3)37(35,36)23-8-9-24-21(14-23)7-10-26(33)28-24/h5-6,8-9,13-15H,4,7,10-12,16-17H2,1-3H3,(H,28,33). The zero-order chi connectivity index (χ0) is 26.3. The van der Waals surface area contributed by atoms with Crippen LogP contribution in [0.2, 0.25) is 0 Å². The topological polar surface area (TPSA) is 105 Å². The summed E-state index contributed by atoms with van der Waals surface area (Å²) < 4.78 is 29.5. The van der Waals surface area contributed by atoms with E-state index in [-0.39, 0.29) is 23.3 Å². The monoisotopic (exact) mass is 521 g/mol. The summed E-state index contributed by atoms with van der Waals surface area (Å²) in [6, 6.07) is 12.9. The van der Waals surface area contributed by atoms with Crippen LogP contribution in [0.3, 0.4) is 0 Å². The van der Waals surface area contributed by atoms with Crippen LogP contribution in [0.5, 0.6) is 0 Å². The molecule has 0 fully saturated rings. The van der Waals surface area contributed by atoms with E-state index in [4.69, 9.17) is 5.10 Å². The van der Waals surface area contributed by atoms with Crippen molar-refractivity contribution in [2.75, 3.05) is 25.5 Å². The maximum atomic E-state index is 13.2. The third kappa shape index (κ3) is 5.03. The lowest BCUT2D eigenvalue weighted by Gasteiger charge is -2.24. The summed E-state index contributed by atoms with van der Waals surface area (Å²) >= 11 is 0. The van der Waals surface area contributed by atoms with E-state index in [1.54, 1.807) is 17.0 Å². The number of nitrogens with zero attached hydrogens (tertiary/aromatic N) is 4. The third-order valence-electron chi connectivity index (χ3n) is 7.21. The molecule has 0 unspecified atom stereocenters. The number of amides is 2. The molecular formula is C27H31N5O4S. The molecule has 0 saturated carbocycles. The smallest absolute Gasteiger partial charge is 0.243 e. The van der Waals surface area contributed by atoms with Crippen molar-refractivity contribution >= 4 is 27.5 Å². The van der Waals surface area contributed by atoms with E-state index in [9.17, 15) is 18.0 Å². The number of rotatable bonds is 5. The Hall–Kier alpha value is -3.50. The largest absolute Gasteiger partial charge is 0.336 e. The molecule has 2 aliphatic heterocycles. The van der Waals surface area contributed by atoms with Crippen molar-refractivity contribution in [3.8, 4) is 11.3 Å². The van der Waals surface area contributed by atoms with Crippen LogP contribution < -0.4 is 5.32 Å². The second-order valence-corrected chi connectivity index (χ2v) is 11.9. The van der Waals surface area contributed by atoms with Crippen LogP contribution in [0.25, 0.3) is 11.3 Å². The van der Waals surface area contributed by atoms with Gasteiger partial charge < -0.3 is 10.2 Å². The van der Waals surface area contributed by atoms with Gasteiger partial charge in [-0.15, -0.1) is 0 Å². The van der Waals surface area contributed by atoms with Gasteiger partial charge in [-0.3, -0.25) is 14.3 Å². The van der Waals surface area contributed by atoms with Crippen molar-refractivity contribution in [1.82, 2.24) is 19.0 Å². The molecule has 3 aromatic rings. The summed E-state index contributed by atoms with van der Waals surface area (Å²) in [5.41, 5.74) is 6.68. The Bertz CT molecular complexity index is 1490. The van der Waals surface area contributed by atoms with Gasteiger partial charge in [0.15, 0.2) is 0 Å². The van der Waals surface area contributed by atoms with Crippen LogP contribution in [0.15, 0.2) is 47.4 Å². The summed E-state index contributed by atoms with van der Waals surface area (Å²) in [7, 11) is -2.45. The van der Waals surface area contributed by atoms with Crippen molar-refractivity contribution < 1.29 is 18.0 Å². The lowest BCUT2D eigenvalue weighted by Crippen LogP contribution is -2.41. The SMILES string of the molecule is Cc1ccc(-c2cc3n(n2)CCCN(C(=O)CN(C)S(=O)(=O)c2ccc4c(c2)CCC(=O)N4)C3)cc1C. The fourth-order valence-electron chi connectivity index (χ4n) is 4.79. The van der Waals surface area contributed by atoms with Crippen molar-refractivity contribution in [1.29, 1.82) is 0 Å². The highest BCUT2D eigenvalue weighted by Gasteiger charge is 2.28. The van der Waals surface area contributed by atoms with Crippen LogP contribution in [0.1, 0.15) is 35.2 Å². The summed E-state index contributed by atoms with van der Waals surface area (Å²) in [6.45, 7) is 5.51. The van der Waals surface area contributed by atoms with E-state index >= 15 is 0 Å². The van der Waals surface area contributed by atoms with Gasteiger partial charge in [0, 0.05) is 37.8 Å². The molecule has 0 atom stereocenters. The molecule has 0 bridgehead atoms. The van der Waals surface area contributed by atoms with E-state index in [1.165, 1.54) is 24.2 Å². The average molecular weight is 522 g/mol. The molecule has 0 radical (unpaired) electrons. The second kappa shape index (κ2) is 9.75. The fraction of sp³-hybridized carbons (Fsp3) is 0.370. The molecule has 37 heavy (non-hydrogen) atoms. The normalized spacial score (nSPS) is 15.7. The van der Waals surface area contributed by atoms with Crippen molar-refractivity contribution in [3.05, 3.63) is 64.8 Å². The van der Waals surface area contributed by atoms with Gasteiger partial charge in [0.25, 0.3) is 0 Å². The number of sulfonamides is 1. The van der Waals surface area contributed by atoms with Crippen LogP contribution in [-0.4, -0.2) is 59.4 Å². The molecule has 0 spiro atoms. The van der Waals surface area contributed by atoms with Gasteiger partial charge in [-0.05, 0) is 73.7 Å². The molecule has 0 saturated heterocycles. The number of hydrogen-bond donors (Lipinski definition) is 1. The predicted molar refractivity (Wildman–Crippen MR) is 140 cm³/mol. The van der Waals surface area contributed by atoms with Gasteiger partial charge in [-0.2, -0.15) is 9.40 Å². The Morgan fingerprint density at radius 3 is 2.65 bits per heavy atom. The highest BCUT2D eigenvalue weighted by Crippen LogP contribution is 2.27. The molecule has 194 valence electrons. The van der Waals surface area contributed by atoms with Gasteiger partial charge >= 0.3 is 0 Å². The molecule has 2 aromatic carbocycles. The molecule has 2 aliphatic rings. The van der Waals surface area contributed by atoms with Crippen molar-refractivity contribution in [2.45, 2.75) is 51.1 Å². The zero-order valence-corrected chi connectivity index (χ0v) is 22.1. The minimum Gasteiger partial charge on any atom is -0.336 e. The Labute approximate surface area is 217 Å². The second-order valence-electron chi connectivity index (χ2n) is 9.84. The van der Waals surface area contributed by atoms with E-state index in [1.807, 2.05) is 10.7 Å². The first-order valence-electron chi connectivity index (χ1n) is 12.4. The fourth-order valence-corrected chi connectivity index (χ4v) is 5.96. The van der Waals surface area contributed by atoms with E-state index < -0.39 is 10.0 Å². The Kier molecular flexibility index (Phi) is 6.63. The van der Waals surface area contributed by atoms with E-state index in [0.717, 1.165) is 33.2 Å². The lowest BCUT2D eigenvalue weighted by molar-refractivity contribution is -0.131. The zero-order valence-electron chi connectivity index (χ0n) is 21.3. The van der Waals surface area contributed by atoms with Crippen LogP contribution in [0, 0.1) is 13.8 Å². The summed E-state index contributed by atoms with van der Waals surface area (Å²) in [4.78, 5) is 26.6. The third-order valence-corrected chi connectivity index (χ3v) is 9.01. The predicted octanol–water partition coefficient (Wildman–Crippen LogP) is 3.10. The van der Waals surface area contributed by atoms with Crippen LogP contribution >= 0.6 is 0 Å². The molecule has 2 amide bonds. The number of anilines is 1. The first kappa shape index (κ1) is 25.2. The summed E-state index contributed by atoms with van der Waals surface area (Å²) in [6.07, 6.45) is 1.54. The van der Waals surface area contributed by atoms with Crippen molar-refractivity contribution in [3.63, 3.8) is 0 Å². The summed E-state index contributed by atoms with van der Waals surface area (Å²) in [5, 5.41) is 7.53. The van der Waals surface area contributed by atoms with Gasteiger partial charge in [0.05, 0.1) is 29.4 Å². The Morgan fingerprint density at radius 2 is 1.86 bits per heavy atom. The molecule has 9 nitrogen and oxygen atoms in total. The highest BCUT2D eigenvalue weighted by molar-refractivity contribution is 7.89. The number of hydrogen-bond acceptors (Lipinski definition) is 5. The lowest BCUT2D eigenvalue weighted by atomic mass is 10.0. The number of nitrogens with one attached hydrogen (secondary N) is 1. The molecule has 1 aromatic heterocycles. The number of carbonyl (C=O) groups is 2. The molecule has 0 aliphatic carbocycles. The molecule has 10 heteroatoms. The highest BCUT2D eigenvalue weighted by atomic mass is 32.2. The van der Waals surface area contributed by atoms with E-state index in [2.05, 4.69) is 37.4 Å². The first-order chi connectivity index (χ1) is 17.6. The molecule has 5 rings (SSSR count). The van der Waals surface area contributed by atoms with E-state index in [0.29, 0.717) is 38.2 Å². The van der Waals surface area contributed by atoms with Gasteiger partial charge in [0.1, 0.15) is 0 Å². The minimum atomic E-state index is -3.87. The molecular weight excluding hydrogens is 490 g/mol. The van der Waals surface area contributed by atoms with Crippen molar-refractivity contribution in [2.24, 2.45) is 0 Å². The van der Waals surface area contributed by atoms with Gasteiger partial charge in [-0.1, -0.05) is 12.1 Å². The van der Waals surface area contributed by atoms with Gasteiger partial charge in [0.2, 0.25) is 21.8 Å².